The van der Waals surface area contributed by atoms with Crippen molar-refractivity contribution < 1.29 is 18.9 Å². The van der Waals surface area contributed by atoms with E-state index >= 15 is 0 Å². The van der Waals surface area contributed by atoms with Crippen molar-refractivity contribution in [1.82, 2.24) is 20.6 Å². The van der Waals surface area contributed by atoms with Crippen molar-refractivity contribution in [2.75, 3.05) is 12.0 Å². The third kappa shape index (κ3) is 6.89. The van der Waals surface area contributed by atoms with Crippen molar-refractivity contribution in [2.45, 2.75) is 31.8 Å². The van der Waals surface area contributed by atoms with E-state index in [-0.39, 0.29) is 12.5 Å². The van der Waals surface area contributed by atoms with Crippen LogP contribution in [0.25, 0.3) is 0 Å². The van der Waals surface area contributed by atoms with E-state index in [4.69, 9.17) is 5.11 Å². The first kappa shape index (κ1) is 17.2. The van der Waals surface area contributed by atoms with Crippen LogP contribution in [0, 0.1) is 0 Å². The molecule has 0 aliphatic heterocycles. The molecule has 0 bridgehead atoms. The number of aromatic nitrogens is 2. The smallest absolute Gasteiger partial charge is 0.326 e. The number of hydrogen-bond donors (Lipinski definition) is 4. The Hall–Kier alpha value is -1.90. The number of urea groups is 1. The molecule has 0 radical (unpaired) electrons. The molecule has 21 heavy (non-hydrogen) atoms. The summed E-state index contributed by atoms with van der Waals surface area (Å²) in [5, 5.41) is 14.1. The first-order chi connectivity index (χ1) is 9.88. The van der Waals surface area contributed by atoms with E-state index < -0.39 is 28.8 Å². The average Bonchev–Trinajstić information content (AvgIpc) is 2.88. The van der Waals surface area contributed by atoms with Crippen LogP contribution in [0.4, 0.5) is 4.79 Å². The van der Waals surface area contributed by atoms with E-state index in [1.165, 1.54) is 12.5 Å². The van der Waals surface area contributed by atoms with Gasteiger partial charge in [0.1, 0.15) is 6.04 Å². The number of amides is 2. The normalized spacial score (nSPS) is 15.0. The first-order valence-electron chi connectivity index (χ1n) is 6.45. The Labute approximate surface area is 125 Å². The van der Waals surface area contributed by atoms with Crippen molar-refractivity contribution in [2.24, 2.45) is 0 Å². The Morgan fingerprint density at radius 1 is 1.48 bits per heavy atom. The third-order valence-corrected chi connectivity index (χ3v) is 3.61. The van der Waals surface area contributed by atoms with Crippen LogP contribution in [0.1, 0.15) is 19.0 Å². The zero-order valence-electron chi connectivity index (χ0n) is 12.0. The lowest BCUT2D eigenvalue weighted by Gasteiger charge is -2.17. The number of carbonyl (C=O) groups is 2. The first-order valence-corrected chi connectivity index (χ1v) is 8.18. The summed E-state index contributed by atoms with van der Waals surface area (Å²) in [7, 11) is -0.918. The molecule has 3 unspecified atom stereocenters. The van der Waals surface area contributed by atoms with Crippen LogP contribution < -0.4 is 10.6 Å². The van der Waals surface area contributed by atoms with Gasteiger partial charge in [0, 0.05) is 47.2 Å². The van der Waals surface area contributed by atoms with Crippen LogP contribution in [-0.2, 0) is 22.0 Å². The predicted octanol–water partition coefficient (Wildman–Crippen LogP) is -0.138. The maximum Gasteiger partial charge on any atom is 0.326 e. The van der Waals surface area contributed by atoms with Crippen LogP contribution in [0.5, 0.6) is 0 Å². The fourth-order valence-corrected chi connectivity index (χ4v) is 2.34. The van der Waals surface area contributed by atoms with E-state index in [2.05, 4.69) is 20.6 Å². The van der Waals surface area contributed by atoms with E-state index in [1.54, 1.807) is 13.2 Å². The zero-order valence-corrected chi connectivity index (χ0v) is 12.8. The molecule has 1 rings (SSSR count). The van der Waals surface area contributed by atoms with Crippen LogP contribution in [-0.4, -0.2) is 55.4 Å². The van der Waals surface area contributed by atoms with Crippen molar-refractivity contribution in [3.8, 4) is 0 Å². The summed E-state index contributed by atoms with van der Waals surface area (Å²) >= 11 is 0. The number of H-pyrrole nitrogens is 1. The molecule has 118 valence electrons. The number of hydrogen-bond acceptors (Lipinski definition) is 4. The second kappa shape index (κ2) is 8.40. The summed E-state index contributed by atoms with van der Waals surface area (Å²) in [6.45, 7) is 1.77. The van der Waals surface area contributed by atoms with Gasteiger partial charge in [-0.25, -0.2) is 14.6 Å². The maximum atomic E-state index is 11.8. The highest BCUT2D eigenvalue weighted by molar-refractivity contribution is 7.84. The van der Waals surface area contributed by atoms with Crippen LogP contribution in [0.15, 0.2) is 12.5 Å². The lowest BCUT2D eigenvalue weighted by Crippen LogP contribution is -2.49. The number of aromatic amines is 1. The van der Waals surface area contributed by atoms with Gasteiger partial charge >= 0.3 is 12.0 Å². The van der Waals surface area contributed by atoms with Crippen molar-refractivity contribution in [1.29, 1.82) is 0 Å². The molecule has 0 saturated heterocycles. The van der Waals surface area contributed by atoms with Crippen molar-refractivity contribution in [3.05, 3.63) is 18.2 Å². The highest BCUT2D eigenvalue weighted by Crippen LogP contribution is 1.99. The van der Waals surface area contributed by atoms with Gasteiger partial charge in [0.25, 0.3) is 0 Å². The maximum absolute atomic E-state index is 11.8. The molecule has 3 atom stereocenters. The van der Waals surface area contributed by atoms with Gasteiger partial charge in [0.15, 0.2) is 0 Å². The molecule has 0 saturated carbocycles. The fourth-order valence-electron chi connectivity index (χ4n) is 1.65. The lowest BCUT2D eigenvalue weighted by molar-refractivity contribution is -0.139. The number of carboxylic acid groups (broad SMARTS) is 1. The molecule has 1 aromatic heterocycles. The minimum Gasteiger partial charge on any atom is -0.480 e. The number of carboxylic acids is 1. The highest BCUT2D eigenvalue weighted by atomic mass is 32.2. The molecule has 1 heterocycles. The highest BCUT2D eigenvalue weighted by Gasteiger charge is 2.21. The van der Waals surface area contributed by atoms with Gasteiger partial charge in [0.05, 0.1) is 6.33 Å². The lowest BCUT2D eigenvalue weighted by atomic mass is 10.1. The monoisotopic (exact) mass is 316 g/mol. The molecule has 0 aromatic carbocycles. The van der Waals surface area contributed by atoms with E-state index in [1.807, 2.05) is 0 Å². The molecular formula is C12H20N4O4S. The second-order valence-corrected chi connectivity index (χ2v) is 6.31. The average molecular weight is 316 g/mol. The van der Waals surface area contributed by atoms with Gasteiger partial charge in [0.2, 0.25) is 0 Å². The number of imidazole rings is 1. The molecule has 0 spiro atoms. The molecule has 8 nitrogen and oxygen atoms in total. The number of nitrogens with one attached hydrogen (secondary N) is 3. The Morgan fingerprint density at radius 3 is 2.71 bits per heavy atom. The summed E-state index contributed by atoms with van der Waals surface area (Å²) < 4.78 is 11.0. The number of rotatable bonds is 8. The second-order valence-electron chi connectivity index (χ2n) is 4.76. The molecule has 1 aromatic rings. The Bertz CT molecular complexity index is 491. The largest absolute Gasteiger partial charge is 0.480 e. The third-order valence-electron chi connectivity index (χ3n) is 2.80. The predicted molar refractivity (Wildman–Crippen MR) is 78.4 cm³/mol. The van der Waals surface area contributed by atoms with Gasteiger partial charge in [-0.15, -0.1) is 0 Å². The topological polar surface area (TPSA) is 124 Å². The minimum absolute atomic E-state index is 0.121. The van der Waals surface area contributed by atoms with E-state index in [0.29, 0.717) is 17.9 Å². The number of carbonyl (C=O) groups excluding carboxylic acids is 1. The Morgan fingerprint density at radius 2 is 2.19 bits per heavy atom. The Kier molecular flexibility index (Phi) is 6.86. The van der Waals surface area contributed by atoms with Gasteiger partial charge in [-0.2, -0.15) is 0 Å². The van der Waals surface area contributed by atoms with Crippen molar-refractivity contribution >= 4 is 22.8 Å². The molecular weight excluding hydrogens is 296 g/mol. The molecule has 2 amide bonds. The van der Waals surface area contributed by atoms with Crippen LogP contribution >= 0.6 is 0 Å². The molecule has 9 heteroatoms. The summed E-state index contributed by atoms with van der Waals surface area (Å²) in [4.78, 5) is 29.5. The summed E-state index contributed by atoms with van der Waals surface area (Å²) in [6, 6.07) is -1.79. The number of nitrogens with zero attached hydrogens (tertiary/aromatic N) is 1. The number of aliphatic carboxylic acids is 1. The minimum atomic E-state index is -1.12. The summed E-state index contributed by atoms with van der Waals surface area (Å²) in [5.41, 5.74) is 0.622. The van der Waals surface area contributed by atoms with Crippen LogP contribution in [0.2, 0.25) is 0 Å². The Balaban J connectivity index is 2.45. The quantitative estimate of drug-likeness (QED) is 0.531. The van der Waals surface area contributed by atoms with Crippen LogP contribution in [0.3, 0.4) is 0 Å². The van der Waals surface area contributed by atoms with E-state index in [9.17, 15) is 13.8 Å². The fraction of sp³-hybridized carbons (Fsp3) is 0.583. The van der Waals surface area contributed by atoms with Gasteiger partial charge in [-0.3, -0.25) is 4.21 Å². The van der Waals surface area contributed by atoms with Gasteiger partial charge < -0.3 is 20.7 Å². The van der Waals surface area contributed by atoms with Crippen molar-refractivity contribution in [3.63, 3.8) is 0 Å². The summed E-state index contributed by atoms with van der Waals surface area (Å²) in [6.07, 6.45) is 5.23. The standard InChI is InChI=1S/C12H20N4O4S/c1-8(3-4-21(2)20)15-12(19)16-10(11(17)18)5-9-6-13-7-14-9/h6-8,10H,3-5H2,1-2H3,(H,13,14)(H,17,18)(H2,15,16,19). The molecule has 0 aliphatic rings. The molecule has 0 fully saturated rings. The van der Waals surface area contributed by atoms with Gasteiger partial charge in [-0.1, -0.05) is 0 Å². The summed E-state index contributed by atoms with van der Waals surface area (Å²) in [5.74, 6) is -0.639. The van der Waals surface area contributed by atoms with Gasteiger partial charge in [-0.05, 0) is 13.3 Å². The zero-order chi connectivity index (χ0) is 15.8. The molecule has 4 N–H and O–H groups in total. The molecule has 0 aliphatic carbocycles. The SMILES string of the molecule is CC(CCS(C)=O)NC(=O)NC(Cc1cnc[nH]1)C(=O)O. The van der Waals surface area contributed by atoms with E-state index in [0.717, 1.165) is 0 Å².